The van der Waals surface area contributed by atoms with Crippen LogP contribution in [0.15, 0.2) is 12.1 Å². The topological polar surface area (TPSA) is 41.1 Å². The number of benzene rings is 1. The molecule has 0 unspecified atom stereocenters. The van der Waals surface area contributed by atoms with E-state index in [1.165, 1.54) is 0 Å². The second-order valence-electron chi connectivity index (χ2n) is 4.75. The lowest BCUT2D eigenvalue weighted by molar-refractivity contribution is -0.120. The van der Waals surface area contributed by atoms with Gasteiger partial charge in [-0.05, 0) is 32.0 Å². The fraction of sp³-hybridized carbons (Fsp3) is 0.462. The van der Waals surface area contributed by atoms with Crippen molar-refractivity contribution in [1.82, 2.24) is 5.32 Å². The number of hydrogen-bond acceptors (Lipinski definition) is 2. The Morgan fingerprint density at radius 2 is 2.10 bits per heavy atom. The Kier molecular flexibility index (Phi) is 4.27. The van der Waals surface area contributed by atoms with Crippen LogP contribution in [0, 0.1) is 17.6 Å². The quantitative estimate of drug-likeness (QED) is 0.840. The molecule has 1 fully saturated rings. The first kappa shape index (κ1) is 14.8. The van der Waals surface area contributed by atoms with Gasteiger partial charge in [0.2, 0.25) is 5.91 Å². The zero-order chi connectivity index (χ0) is 14.9. The van der Waals surface area contributed by atoms with Crippen molar-refractivity contribution in [1.29, 1.82) is 0 Å². The van der Waals surface area contributed by atoms with Crippen molar-refractivity contribution in [3.8, 4) is 0 Å². The van der Waals surface area contributed by atoms with Gasteiger partial charge in [0.1, 0.15) is 5.82 Å². The monoisotopic (exact) mass is 290 g/mol. The molecule has 0 aliphatic carbocycles. The van der Waals surface area contributed by atoms with Crippen molar-refractivity contribution in [2.45, 2.75) is 25.8 Å². The van der Waals surface area contributed by atoms with E-state index < -0.39 is 35.2 Å². The molecule has 3 nitrogen and oxygen atoms in total. The van der Waals surface area contributed by atoms with Crippen molar-refractivity contribution in [3.05, 3.63) is 29.3 Å². The van der Waals surface area contributed by atoms with Crippen LogP contribution in [0.4, 0.5) is 23.2 Å². The van der Waals surface area contributed by atoms with Crippen molar-refractivity contribution in [2.75, 3.05) is 11.9 Å². The predicted octanol–water partition coefficient (Wildman–Crippen LogP) is 2.84. The normalized spacial score (nSPS) is 22.3. The number of carbonyl (C=O) groups excluding carboxylic acids is 1. The Bertz CT molecular complexity index is 521. The molecule has 7 heteroatoms. The van der Waals surface area contributed by atoms with Crippen LogP contribution in [0.2, 0.25) is 0 Å². The number of amides is 1. The molecule has 20 heavy (non-hydrogen) atoms. The molecule has 0 saturated carbocycles. The molecule has 0 radical (unpaired) electrons. The number of carbonyl (C=O) groups is 1. The largest absolute Gasteiger partial charge is 0.323 e. The molecule has 2 atom stereocenters. The molecule has 0 aromatic heterocycles. The molecule has 1 heterocycles. The molecule has 1 amide bonds. The summed E-state index contributed by atoms with van der Waals surface area (Å²) in [7, 11) is 0. The van der Waals surface area contributed by atoms with E-state index in [0.29, 0.717) is 13.0 Å². The summed E-state index contributed by atoms with van der Waals surface area (Å²) in [6.07, 6.45) is -2.70. The molecular formula is C13H14F4N2O. The molecule has 1 aromatic carbocycles. The highest BCUT2D eigenvalue weighted by Gasteiger charge is 2.30. The molecule has 2 N–H and O–H groups in total. The molecule has 1 saturated heterocycles. The van der Waals surface area contributed by atoms with Crippen LogP contribution in [0.25, 0.3) is 0 Å². The van der Waals surface area contributed by atoms with E-state index >= 15 is 0 Å². The summed E-state index contributed by atoms with van der Waals surface area (Å²) in [5, 5.41) is 5.31. The molecule has 110 valence electrons. The summed E-state index contributed by atoms with van der Waals surface area (Å²) < 4.78 is 52.0. The van der Waals surface area contributed by atoms with Gasteiger partial charge < -0.3 is 10.6 Å². The van der Waals surface area contributed by atoms with E-state index in [9.17, 15) is 22.4 Å². The van der Waals surface area contributed by atoms with Crippen LogP contribution in [-0.2, 0) is 4.79 Å². The first-order chi connectivity index (χ1) is 9.41. The van der Waals surface area contributed by atoms with Gasteiger partial charge in [-0.3, -0.25) is 4.79 Å². The third-order valence-electron chi connectivity index (χ3n) is 3.46. The second kappa shape index (κ2) is 5.78. The highest BCUT2D eigenvalue weighted by Crippen LogP contribution is 2.30. The van der Waals surface area contributed by atoms with E-state index in [0.717, 1.165) is 12.1 Å². The Labute approximate surface area is 113 Å². The van der Waals surface area contributed by atoms with Crippen LogP contribution in [0.3, 0.4) is 0 Å². The van der Waals surface area contributed by atoms with Crippen LogP contribution in [-0.4, -0.2) is 18.5 Å². The van der Waals surface area contributed by atoms with E-state index in [2.05, 4.69) is 10.6 Å². The molecule has 1 aromatic rings. The average Bonchev–Trinajstić information content (AvgIpc) is 2.79. The van der Waals surface area contributed by atoms with E-state index in [-0.39, 0.29) is 12.0 Å². The van der Waals surface area contributed by atoms with Crippen LogP contribution in [0.1, 0.15) is 25.3 Å². The lowest BCUT2D eigenvalue weighted by Crippen LogP contribution is -2.32. The van der Waals surface area contributed by atoms with Gasteiger partial charge in [0.05, 0.1) is 17.2 Å². The first-order valence-electron chi connectivity index (χ1n) is 6.22. The number of hydrogen-bond donors (Lipinski definition) is 2. The number of anilines is 1. The lowest BCUT2D eigenvalue weighted by Gasteiger charge is -2.16. The Morgan fingerprint density at radius 3 is 2.65 bits per heavy atom. The molecule has 1 aliphatic rings. The maximum absolute atomic E-state index is 13.8. The van der Waals surface area contributed by atoms with Gasteiger partial charge in [0.25, 0.3) is 6.43 Å². The maximum Gasteiger partial charge on any atom is 0.269 e. The van der Waals surface area contributed by atoms with Crippen LogP contribution >= 0.6 is 0 Å². The number of nitrogens with one attached hydrogen (secondary N) is 2. The summed E-state index contributed by atoms with van der Waals surface area (Å²) in [5.41, 5.74) is -1.74. The van der Waals surface area contributed by atoms with Gasteiger partial charge in [-0.15, -0.1) is 0 Å². The van der Waals surface area contributed by atoms with Gasteiger partial charge in [-0.2, -0.15) is 0 Å². The summed E-state index contributed by atoms with van der Waals surface area (Å²) >= 11 is 0. The minimum atomic E-state index is -3.28. The maximum atomic E-state index is 13.8. The smallest absolute Gasteiger partial charge is 0.269 e. The van der Waals surface area contributed by atoms with E-state index in [4.69, 9.17) is 0 Å². The summed E-state index contributed by atoms with van der Waals surface area (Å²) in [6.45, 7) is 2.47. The van der Waals surface area contributed by atoms with Crippen molar-refractivity contribution in [3.63, 3.8) is 0 Å². The number of alkyl halides is 2. The first-order valence-corrected chi connectivity index (χ1v) is 6.22. The van der Waals surface area contributed by atoms with Crippen molar-refractivity contribution in [2.24, 2.45) is 5.92 Å². The summed E-state index contributed by atoms with van der Waals surface area (Å²) in [4.78, 5) is 11.9. The fourth-order valence-corrected chi connectivity index (χ4v) is 2.31. The second-order valence-corrected chi connectivity index (χ2v) is 4.75. The van der Waals surface area contributed by atoms with Crippen molar-refractivity contribution >= 4 is 11.6 Å². The van der Waals surface area contributed by atoms with Gasteiger partial charge >= 0.3 is 0 Å². The van der Waals surface area contributed by atoms with Gasteiger partial charge in [0.15, 0.2) is 5.82 Å². The van der Waals surface area contributed by atoms with Gasteiger partial charge in [-0.1, -0.05) is 0 Å². The highest BCUT2D eigenvalue weighted by molar-refractivity contribution is 5.93. The van der Waals surface area contributed by atoms with E-state index in [1.54, 1.807) is 0 Å². The average molecular weight is 290 g/mol. The summed E-state index contributed by atoms with van der Waals surface area (Å²) in [5.74, 6) is -3.58. The third kappa shape index (κ3) is 2.77. The van der Waals surface area contributed by atoms with Crippen LogP contribution in [0.5, 0.6) is 0 Å². The predicted molar refractivity (Wildman–Crippen MR) is 65.5 cm³/mol. The zero-order valence-corrected chi connectivity index (χ0v) is 10.7. The number of rotatable bonds is 3. The minimum Gasteiger partial charge on any atom is -0.323 e. The summed E-state index contributed by atoms with van der Waals surface area (Å²) in [6, 6.07) is 1.59. The van der Waals surface area contributed by atoms with Crippen LogP contribution < -0.4 is 10.6 Å². The highest BCUT2D eigenvalue weighted by atomic mass is 19.3. The lowest BCUT2D eigenvalue weighted by atomic mass is 10.0. The molecule has 0 spiro atoms. The SMILES string of the molecule is C[C@@H]1NCC[C@@H]1C(=O)Nc1ccc(F)c(C(F)F)c1F. The molecule has 0 bridgehead atoms. The zero-order valence-electron chi connectivity index (χ0n) is 10.7. The van der Waals surface area contributed by atoms with Gasteiger partial charge in [0, 0.05) is 6.04 Å². The third-order valence-corrected chi connectivity index (χ3v) is 3.46. The number of halogens is 4. The molecular weight excluding hydrogens is 276 g/mol. The molecule has 2 rings (SSSR count). The van der Waals surface area contributed by atoms with E-state index in [1.807, 2.05) is 6.92 Å². The Hall–Kier alpha value is -1.63. The minimum absolute atomic E-state index is 0.0759. The standard InChI is InChI=1S/C13H14F4N2O/c1-6-7(4-5-18-6)13(20)19-9-3-2-8(14)10(11(9)15)12(16)17/h2-3,6-7,12,18H,4-5H2,1H3,(H,19,20)/t6-,7-/m0/s1. The Morgan fingerprint density at radius 1 is 1.40 bits per heavy atom. The van der Waals surface area contributed by atoms with Gasteiger partial charge in [-0.25, -0.2) is 17.6 Å². The fourth-order valence-electron chi connectivity index (χ4n) is 2.31. The molecule has 1 aliphatic heterocycles. The Balaban J connectivity index is 2.21. The van der Waals surface area contributed by atoms with Crippen molar-refractivity contribution < 1.29 is 22.4 Å².